The van der Waals surface area contributed by atoms with E-state index >= 15 is 0 Å². The fraction of sp³-hybridized carbons (Fsp3) is 0.484. The fourth-order valence-corrected chi connectivity index (χ4v) is 7.08. The van der Waals surface area contributed by atoms with Gasteiger partial charge in [0.25, 0.3) is 11.6 Å². The first-order valence-corrected chi connectivity index (χ1v) is 15.8. The smallest absolute Gasteiger partial charge is 0.269 e. The van der Waals surface area contributed by atoms with Crippen molar-refractivity contribution in [2.24, 2.45) is 4.99 Å². The summed E-state index contributed by atoms with van der Waals surface area (Å²) in [6, 6.07) is 10.3. The number of halogens is 1. The quantitative estimate of drug-likeness (QED) is 0.164. The lowest BCUT2D eigenvalue weighted by Crippen LogP contribution is -2.41. The molecule has 10 heteroatoms. The molecular weight excluding hydrogens is 562 g/mol. The molecule has 3 fully saturated rings. The maximum atomic E-state index is 13.8. The van der Waals surface area contributed by atoms with Crippen LogP contribution in [0, 0.1) is 10.1 Å². The van der Waals surface area contributed by atoms with Gasteiger partial charge in [-0.25, -0.2) is 0 Å². The number of hydrogen-bond donors (Lipinski definition) is 0. The third-order valence-electron chi connectivity index (χ3n) is 7.80. The molecule has 0 N–H and O–H groups in total. The zero-order valence-corrected chi connectivity index (χ0v) is 24.9. The summed E-state index contributed by atoms with van der Waals surface area (Å²) in [5, 5.41) is 12.1. The van der Waals surface area contributed by atoms with E-state index < -0.39 is 4.92 Å². The van der Waals surface area contributed by atoms with Gasteiger partial charge in [0, 0.05) is 18.2 Å². The lowest BCUT2D eigenvalue weighted by Gasteiger charge is -2.31. The molecule has 0 bridgehead atoms. The van der Waals surface area contributed by atoms with Crippen LogP contribution >= 0.6 is 23.4 Å². The number of ether oxygens (including phenoxy) is 2. The second-order valence-corrected chi connectivity index (χ2v) is 12.2. The summed E-state index contributed by atoms with van der Waals surface area (Å²) in [5.41, 5.74) is 1.54. The van der Waals surface area contributed by atoms with E-state index in [1.54, 1.807) is 18.2 Å². The molecule has 5 rings (SSSR count). The van der Waals surface area contributed by atoms with E-state index in [-0.39, 0.29) is 30.3 Å². The van der Waals surface area contributed by atoms with Gasteiger partial charge in [0.2, 0.25) is 0 Å². The largest absolute Gasteiger partial charge is 0.490 e. The van der Waals surface area contributed by atoms with Crippen molar-refractivity contribution >= 4 is 46.2 Å². The number of amides is 1. The van der Waals surface area contributed by atoms with Crippen LogP contribution in [0.1, 0.15) is 82.3 Å². The molecule has 41 heavy (non-hydrogen) atoms. The Hall–Kier alpha value is -3.04. The highest BCUT2D eigenvalue weighted by atomic mass is 35.5. The Morgan fingerprint density at radius 1 is 1.05 bits per heavy atom. The minimum atomic E-state index is -0.436. The molecule has 8 nitrogen and oxygen atoms in total. The zero-order chi connectivity index (χ0) is 28.8. The van der Waals surface area contributed by atoms with Gasteiger partial charge in [-0.2, -0.15) is 0 Å². The van der Waals surface area contributed by atoms with Gasteiger partial charge in [-0.3, -0.25) is 24.8 Å². The average molecular weight is 598 g/mol. The Kier molecular flexibility index (Phi) is 9.88. The number of carbonyl (C=O) groups excluding carboxylic acids is 1. The highest BCUT2D eigenvalue weighted by Gasteiger charge is 2.39. The van der Waals surface area contributed by atoms with Crippen molar-refractivity contribution in [3.05, 3.63) is 67.6 Å². The molecule has 0 spiro atoms. The van der Waals surface area contributed by atoms with Crippen LogP contribution in [0.2, 0.25) is 5.02 Å². The monoisotopic (exact) mass is 597 g/mol. The van der Waals surface area contributed by atoms with Crippen molar-refractivity contribution in [3.8, 4) is 11.5 Å². The number of carbonyl (C=O) groups is 1. The third-order valence-corrected chi connectivity index (χ3v) is 9.08. The average Bonchev–Trinajstić information content (AvgIpc) is 3.27. The summed E-state index contributed by atoms with van der Waals surface area (Å²) in [7, 11) is 0. The van der Waals surface area contributed by atoms with Crippen molar-refractivity contribution in [3.63, 3.8) is 0 Å². The highest BCUT2D eigenvalue weighted by molar-refractivity contribution is 8.18. The van der Waals surface area contributed by atoms with E-state index in [1.165, 1.54) is 49.6 Å². The first kappa shape index (κ1) is 29.5. The molecule has 2 aromatic carbocycles. The van der Waals surface area contributed by atoms with Gasteiger partial charge in [0.1, 0.15) is 6.61 Å². The predicted octanol–water partition coefficient (Wildman–Crippen LogP) is 8.16. The van der Waals surface area contributed by atoms with Gasteiger partial charge < -0.3 is 9.47 Å². The number of nitrogens with zero attached hydrogens (tertiary/aromatic N) is 3. The van der Waals surface area contributed by atoms with Crippen LogP contribution in [-0.2, 0) is 11.4 Å². The van der Waals surface area contributed by atoms with Crippen molar-refractivity contribution in [1.29, 1.82) is 0 Å². The predicted molar refractivity (Wildman–Crippen MR) is 164 cm³/mol. The van der Waals surface area contributed by atoms with E-state index in [0.717, 1.165) is 54.8 Å². The molecule has 3 aliphatic rings. The lowest BCUT2D eigenvalue weighted by atomic mass is 9.94. The lowest BCUT2D eigenvalue weighted by molar-refractivity contribution is -0.384. The van der Waals surface area contributed by atoms with Crippen LogP contribution in [0.15, 0.2) is 46.3 Å². The zero-order valence-electron chi connectivity index (χ0n) is 23.4. The van der Waals surface area contributed by atoms with Crippen molar-refractivity contribution in [2.75, 3.05) is 6.61 Å². The number of hydrogen-bond acceptors (Lipinski definition) is 7. The van der Waals surface area contributed by atoms with Crippen LogP contribution in [0.25, 0.3) is 6.08 Å². The standard InChI is InChI=1S/C31H36ClN3O5S/c1-2-39-27-18-22(17-26(32)29(27)40-20-21-13-15-25(16-14-21)35(37)38)19-28-30(36)34(24-11-7-4-8-12-24)31(41-28)33-23-9-5-3-6-10-23/h13-19,23-24H,2-12,20H2,1H3. The van der Waals surface area contributed by atoms with Gasteiger partial charge in [-0.1, -0.05) is 50.1 Å². The second-order valence-electron chi connectivity index (χ2n) is 10.8. The Balaban J connectivity index is 1.39. The first-order chi connectivity index (χ1) is 19.9. The molecule has 1 saturated heterocycles. The summed E-state index contributed by atoms with van der Waals surface area (Å²) < 4.78 is 11.9. The number of non-ortho nitro benzene ring substituents is 1. The summed E-state index contributed by atoms with van der Waals surface area (Å²) in [4.78, 5) is 32.0. The van der Waals surface area contributed by atoms with E-state index in [2.05, 4.69) is 0 Å². The summed E-state index contributed by atoms with van der Waals surface area (Å²) in [6.07, 6.45) is 13.3. The number of thioether (sulfide) groups is 1. The van der Waals surface area contributed by atoms with Crippen LogP contribution in [0.3, 0.4) is 0 Å². The number of nitro benzene ring substituents is 1. The number of rotatable bonds is 9. The Morgan fingerprint density at radius 2 is 1.73 bits per heavy atom. The topological polar surface area (TPSA) is 94.3 Å². The van der Waals surface area contributed by atoms with Gasteiger partial charge >= 0.3 is 0 Å². The molecule has 0 radical (unpaired) electrons. The molecule has 2 aromatic rings. The van der Waals surface area contributed by atoms with E-state index in [0.29, 0.717) is 28.0 Å². The van der Waals surface area contributed by atoms with Crippen LogP contribution in [0.4, 0.5) is 5.69 Å². The van der Waals surface area contributed by atoms with Gasteiger partial charge in [0.05, 0.1) is 27.5 Å². The van der Waals surface area contributed by atoms with E-state index in [1.807, 2.05) is 24.0 Å². The molecule has 0 aromatic heterocycles. The maximum Gasteiger partial charge on any atom is 0.269 e. The van der Waals surface area contributed by atoms with Crippen LogP contribution < -0.4 is 9.47 Å². The van der Waals surface area contributed by atoms with Crippen molar-refractivity contribution in [2.45, 2.75) is 89.8 Å². The molecule has 0 unspecified atom stereocenters. The van der Waals surface area contributed by atoms with Gasteiger partial charge in [-0.05, 0) is 85.8 Å². The number of aliphatic imine (C=N–C) groups is 1. The van der Waals surface area contributed by atoms with E-state index in [4.69, 9.17) is 26.1 Å². The Bertz CT molecular complexity index is 1320. The highest BCUT2D eigenvalue weighted by Crippen LogP contribution is 2.41. The third kappa shape index (κ3) is 7.25. The molecule has 2 aliphatic carbocycles. The Labute approximate surface area is 250 Å². The minimum absolute atomic E-state index is 0.0176. The normalized spacial score (nSPS) is 20.6. The van der Waals surface area contributed by atoms with E-state index in [9.17, 15) is 14.9 Å². The molecule has 1 aliphatic heterocycles. The number of nitro groups is 1. The summed E-state index contributed by atoms with van der Waals surface area (Å²) in [5.74, 6) is 0.885. The van der Waals surface area contributed by atoms with Crippen LogP contribution in [-0.4, -0.2) is 39.6 Å². The minimum Gasteiger partial charge on any atom is -0.490 e. The van der Waals surface area contributed by atoms with Gasteiger partial charge in [0.15, 0.2) is 16.7 Å². The molecular formula is C31H36ClN3O5S. The van der Waals surface area contributed by atoms with Gasteiger partial charge in [-0.15, -0.1) is 0 Å². The molecule has 218 valence electrons. The van der Waals surface area contributed by atoms with Crippen molar-refractivity contribution < 1.29 is 19.2 Å². The second kappa shape index (κ2) is 13.7. The SMILES string of the molecule is CCOc1cc(C=C2SC(=NC3CCCCC3)N(C3CCCCC3)C2=O)cc(Cl)c1OCc1ccc([N+](=O)[O-])cc1. The number of benzene rings is 2. The molecule has 2 saturated carbocycles. The maximum absolute atomic E-state index is 13.8. The fourth-order valence-electron chi connectivity index (χ4n) is 5.70. The summed E-state index contributed by atoms with van der Waals surface area (Å²) >= 11 is 8.16. The van der Waals surface area contributed by atoms with Crippen molar-refractivity contribution in [1.82, 2.24) is 4.90 Å². The van der Waals surface area contributed by atoms with Crippen LogP contribution in [0.5, 0.6) is 11.5 Å². The molecule has 1 amide bonds. The molecule has 0 atom stereocenters. The first-order valence-electron chi connectivity index (χ1n) is 14.6. The Morgan fingerprint density at radius 3 is 2.39 bits per heavy atom. The summed E-state index contributed by atoms with van der Waals surface area (Å²) in [6.45, 7) is 2.46. The number of amidine groups is 1. The molecule has 1 heterocycles.